The Morgan fingerprint density at radius 2 is 2.12 bits per heavy atom. The minimum absolute atomic E-state index is 0.641. The van der Waals surface area contributed by atoms with Gasteiger partial charge in [0, 0.05) is 19.6 Å². The van der Waals surface area contributed by atoms with E-state index in [1.807, 2.05) is 11.6 Å². The van der Waals surface area contributed by atoms with Crippen LogP contribution in [0, 0.1) is 4.77 Å². The second kappa shape index (κ2) is 4.99. The average molecular weight is 240 g/mol. The van der Waals surface area contributed by atoms with Gasteiger partial charge in [-0.1, -0.05) is 19.3 Å². The smallest absolute Gasteiger partial charge is 0.225 e. The number of nitrogens with one attached hydrogen (secondary N) is 1. The summed E-state index contributed by atoms with van der Waals surface area (Å²) in [5.74, 6) is 0.986. The molecule has 0 saturated heterocycles. The van der Waals surface area contributed by atoms with E-state index in [1.165, 1.54) is 32.1 Å². The molecule has 4 nitrogen and oxygen atoms in total. The van der Waals surface area contributed by atoms with Crippen molar-refractivity contribution >= 4 is 18.2 Å². The fraction of sp³-hybridized carbons (Fsp3) is 0.818. The van der Waals surface area contributed by atoms with Crippen molar-refractivity contribution in [2.45, 2.75) is 45.1 Å². The summed E-state index contributed by atoms with van der Waals surface area (Å²) in [6.07, 6.45) is 6.64. The van der Waals surface area contributed by atoms with Gasteiger partial charge in [0.15, 0.2) is 4.77 Å². The van der Waals surface area contributed by atoms with Crippen LogP contribution in [-0.4, -0.2) is 27.4 Å². The molecule has 1 saturated carbocycles. The Morgan fingerprint density at radius 3 is 2.62 bits per heavy atom. The monoisotopic (exact) mass is 240 g/mol. The van der Waals surface area contributed by atoms with Crippen molar-refractivity contribution in [1.82, 2.24) is 14.8 Å². The average Bonchev–Trinajstić information content (AvgIpc) is 2.64. The fourth-order valence-corrected chi connectivity index (χ4v) is 2.68. The lowest BCUT2D eigenvalue weighted by Gasteiger charge is -2.33. The molecule has 0 bridgehead atoms. The van der Waals surface area contributed by atoms with Crippen LogP contribution in [0.15, 0.2) is 0 Å². The van der Waals surface area contributed by atoms with E-state index in [0.717, 1.165) is 12.5 Å². The Hall–Kier alpha value is -0.840. The Morgan fingerprint density at radius 1 is 1.44 bits per heavy atom. The lowest BCUT2D eigenvalue weighted by Crippen LogP contribution is -2.38. The first-order chi connectivity index (χ1) is 7.74. The molecule has 0 unspecified atom stereocenters. The highest BCUT2D eigenvalue weighted by Gasteiger charge is 2.23. The van der Waals surface area contributed by atoms with Crippen LogP contribution >= 0.6 is 12.2 Å². The maximum absolute atomic E-state index is 5.16. The first-order valence-corrected chi connectivity index (χ1v) is 6.53. The summed E-state index contributed by atoms with van der Waals surface area (Å²) in [5.41, 5.74) is 0. The van der Waals surface area contributed by atoms with Gasteiger partial charge in [-0.15, -0.1) is 5.10 Å². The highest BCUT2D eigenvalue weighted by Crippen LogP contribution is 2.25. The third-order valence-electron chi connectivity index (χ3n) is 3.47. The quantitative estimate of drug-likeness (QED) is 0.825. The zero-order valence-electron chi connectivity index (χ0n) is 10.1. The molecule has 0 aromatic carbocycles. The van der Waals surface area contributed by atoms with Gasteiger partial charge in [0.05, 0.1) is 0 Å². The summed E-state index contributed by atoms with van der Waals surface area (Å²) in [7, 11) is 1.98. The Bertz CT molecular complexity index is 389. The van der Waals surface area contributed by atoms with Crippen molar-refractivity contribution in [3.05, 3.63) is 4.77 Å². The predicted octanol–water partition coefficient (Wildman–Crippen LogP) is 2.64. The number of rotatable bonds is 3. The van der Waals surface area contributed by atoms with Crippen molar-refractivity contribution in [2.24, 2.45) is 7.05 Å². The molecular weight excluding hydrogens is 220 g/mol. The van der Waals surface area contributed by atoms with Crippen molar-refractivity contribution in [1.29, 1.82) is 0 Å². The summed E-state index contributed by atoms with van der Waals surface area (Å²) in [4.78, 5) is 2.38. The van der Waals surface area contributed by atoms with Crippen LogP contribution in [0.5, 0.6) is 0 Å². The molecule has 0 spiro atoms. The van der Waals surface area contributed by atoms with E-state index in [4.69, 9.17) is 12.2 Å². The van der Waals surface area contributed by atoms with E-state index in [-0.39, 0.29) is 0 Å². The predicted molar refractivity (Wildman–Crippen MR) is 68.3 cm³/mol. The second-order valence-corrected chi connectivity index (χ2v) is 4.85. The molecule has 1 aromatic heterocycles. The van der Waals surface area contributed by atoms with Gasteiger partial charge >= 0.3 is 0 Å². The van der Waals surface area contributed by atoms with Gasteiger partial charge in [0.1, 0.15) is 0 Å². The molecular formula is C11H20N4S. The molecule has 1 N–H and O–H groups in total. The molecule has 0 amide bonds. The summed E-state index contributed by atoms with van der Waals surface area (Å²) < 4.78 is 2.66. The van der Waals surface area contributed by atoms with E-state index in [1.54, 1.807) is 0 Å². The summed E-state index contributed by atoms with van der Waals surface area (Å²) in [6.45, 7) is 3.18. The molecule has 1 aliphatic rings. The number of H-pyrrole nitrogens is 1. The van der Waals surface area contributed by atoms with Crippen LogP contribution in [0.25, 0.3) is 0 Å². The minimum atomic E-state index is 0.641. The molecule has 90 valence electrons. The number of anilines is 1. The van der Waals surface area contributed by atoms with Gasteiger partial charge < -0.3 is 4.90 Å². The van der Waals surface area contributed by atoms with E-state index >= 15 is 0 Å². The number of hydrogen-bond donors (Lipinski definition) is 1. The zero-order valence-corrected chi connectivity index (χ0v) is 10.9. The van der Waals surface area contributed by atoms with Gasteiger partial charge in [0.25, 0.3) is 0 Å². The summed E-state index contributed by atoms with van der Waals surface area (Å²) in [5, 5.41) is 7.20. The highest BCUT2D eigenvalue weighted by molar-refractivity contribution is 7.71. The lowest BCUT2D eigenvalue weighted by molar-refractivity contribution is 0.412. The maximum atomic E-state index is 5.16. The van der Waals surface area contributed by atoms with Crippen molar-refractivity contribution < 1.29 is 0 Å². The van der Waals surface area contributed by atoms with Crippen LogP contribution < -0.4 is 4.90 Å². The van der Waals surface area contributed by atoms with Crippen LogP contribution in [0.3, 0.4) is 0 Å². The van der Waals surface area contributed by atoms with Gasteiger partial charge in [-0.05, 0) is 32.0 Å². The standard InChI is InChI=1S/C11H20N4S/c1-3-15(9-7-5-4-6-8-9)10-12-13-11(16)14(10)2/h9H,3-8H2,1-2H3,(H,13,16). The number of aromatic nitrogens is 3. The molecule has 0 radical (unpaired) electrons. The molecule has 16 heavy (non-hydrogen) atoms. The molecule has 0 atom stereocenters. The van der Waals surface area contributed by atoms with Gasteiger partial charge in [-0.25, -0.2) is 5.10 Å². The Balaban J connectivity index is 2.21. The first-order valence-electron chi connectivity index (χ1n) is 6.12. The minimum Gasteiger partial charge on any atom is -0.338 e. The van der Waals surface area contributed by atoms with E-state index in [2.05, 4.69) is 22.0 Å². The Kier molecular flexibility index (Phi) is 3.63. The lowest BCUT2D eigenvalue weighted by atomic mass is 9.94. The fourth-order valence-electron chi connectivity index (χ4n) is 2.55. The van der Waals surface area contributed by atoms with Gasteiger partial charge in [-0.2, -0.15) is 0 Å². The molecule has 1 fully saturated rings. The maximum Gasteiger partial charge on any atom is 0.225 e. The third kappa shape index (κ3) is 2.14. The second-order valence-electron chi connectivity index (χ2n) is 4.47. The normalized spacial score (nSPS) is 17.6. The van der Waals surface area contributed by atoms with E-state index < -0.39 is 0 Å². The molecule has 5 heteroatoms. The number of hydrogen-bond acceptors (Lipinski definition) is 3. The van der Waals surface area contributed by atoms with Gasteiger partial charge in [0.2, 0.25) is 5.95 Å². The molecule has 0 aliphatic heterocycles. The number of aromatic amines is 1. The van der Waals surface area contributed by atoms with Gasteiger partial charge in [-0.3, -0.25) is 4.57 Å². The summed E-state index contributed by atoms with van der Waals surface area (Å²) >= 11 is 5.16. The number of nitrogens with zero attached hydrogens (tertiary/aromatic N) is 3. The van der Waals surface area contributed by atoms with Crippen LogP contribution in [0.2, 0.25) is 0 Å². The SMILES string of the molecule is CCN(c1n[nH]c(=S)n1C)C1CCCCC1. The molecule has 1 aromatic rings. The largest absolute Gasteiger partial charge is 0.338 e. The van der Waals surface area contributed by atoms with Crippen molar-refractivity contribution in [2.75, 3.05) is 11.4 Å². The summed E-state index contributed by atoms with van der Waals surface area (Å²) in [6, 6.07) is 0.641. The molecule has 1 heterocycles. The topological polar surface area (TPSA) is 36.9 Å². The van der Waals surface area contributed by atoms with Crippen LogP contribution in [-0.2, 0) is 7.05 Å². The van der Waals surface area contributed by atoms with Crippen molar-refractivity contribution in [3.63, 3.8) is 0 Å². The highest BCUT2D eigenvalue weighted by atomic mass is 32.1. The van der Waals surface area contributed by atoms with E-state index in [9.17, 15) is 0 Å². The zero-order chi connectivity index (χ0) is 11.5. The first kappa shape index (κ1) is 11.6. The molecule has 1 aliphatic carbocycles. The Labute approximate surface area is 102 Å². The van der Waals surface area contributed by atoms with E-state index in [0.29, 0.717) is 10.8 Å². The third-order valence-corrected chi connectivity index (χ3v) is 3.83. The van der Waals surface area contributed by atoms with Crippen LogP contribution in [0.4, 0.5) is 5.95 Å². The van der Waals surface area contributed by atoms with Crippen molar-refractivity contribution in [3.8, 4) is 0 Å². The van der Waals surface area contributed by atoms with Crippen LogP contribution in [0.1, 0.15) is 39.0 Å². The molecule has 2 rings (SSSR count).